The summed E-state index contributed by atoms with van der Waals surface area (Å²) in [6.07, 6.45) is 0. The number of amides is 1. The van der Waals surface area contributed by atoms with Gasteiger partial charge >= 0.3 is 0 Å². The Kier molecular flexibility index (Phi) is 4.74. The van der Waals surface area contributed by atoms with Crippen molar-refractivity contribution in [2.24, 2.45) is 27.2 Å². The average molecular weight is 316 g/mol. The van der Waals surface area contributed by atoms with E-state index in [0.29, 0.717) is 16.3 Å². The first-order valence-electron chi connectivity index (χ1n) is 6.35. The highest BCUT2D eigenvalue weighted by atomic mass is 32.1. The van der Waals surface area contributed by atoms with Gasteiger partial charge in [0.05, 0.1) is 10.6 Å². The van der Waals surface area contributed by atoms with Crippen LogP contribution < -0.4 is 22.5 Å². The topological polar surface area (TPSA) is 132 Å². The Morgan fingerprint density at radius 2 is 2.00 bits per heavy atom. The molecule has 0 aliphatic rings. The van der Waals surface area contributed by atoms with Crippen molar-refractivity contribution in [2.45, 2.75) is 6.92 Å². The van der Waals surface area contributed by atoms with Crippen molar-refractivity contribution < 1.29 is 4.79 Å². The number of hydrogen-bond donors (Lipinski definition) is 4. The van der Waals surface area contributed by atoms with E-state index in [9.17, 15) is 4.79 Å². The van der Waals surface area contributed by atoms with Gasteiger partial charge in [-0.15, -0.1) is 11.3 Å². The van der Waals surface area contributed by atoms with E-state index in [2.05, 4.69) is 15.3 Å². The van der Waals surface area contributed by atoms with Crippen molar-refractivity contribution in [3.8, 4) is 0 Å². The molecule has 0 atom stereocenters. The van der Waals surface area contributed by atoms with Crippen molar-refractivity contribution in [1.82, 2.24) is 0 Å². The van der Waals surface area contributed by atoms with Crippen LogP contribution in [-0.4, -0.2) is 17.8 Å². The molecule has 22 heavy (non-hydrogen) atoms. The smallest absolute Gasteiger partial charge is 0.265 e. The molecule has 114 valence electrons. The number of nitrogens with one attached hydrogen (secondary N) is 1. The number of benzene rings is 1. The number of hydrogen-bond acceptors (Lipinski definition) is 3. The monoisotopic (exact) mass is 316 g/mol. The van der Waals surface area contributed by atoms with E-state index < -0.39 is 0 Å². The number of anilines is 1. The number of nitrogens with two attached hydrogens (primary N) is 3. The number of rotatable bonds is 3. The van der Waals surface area contributed by atoms with Gasteiger partial charge in [0.15, 0.2) is 5.96 Å². The van der Waals surface area contributed by atoms with Crippen molar-refractivity contribution in [1.29, 1.82) is 0 Å². The van der Waals surface area contributed by atoms with Gasteiger partial charge in [0.25, 0.3) is 5.91 Å². The van der Waals surface area contributed by atoms with Crippen LogP contribution in [0.1, 0.15) is 15.2 Å². The summed E-state index contributed by atoms with van der Waals surface area (Å²) >= 11 is 1.38. The Labute approximate surface area is 131 Å². The lowest BCUT2D eigenvalue weighted by atomic mass is 10.2. The van der Waals surface area contributed by atoms with E-state index in [1.165, 1.54) is 11.3 Å². The molecular formula is C14H16N6OS. The number of thiophene rings is 1. The van der Waals surface area contributed by atoms with Crippen LogP contribution in [0.2, 0.25) is 0 Å². The minimum atomic E-state index is -0.155. The normalized spacial score (nSPS) is 11.0. The van der Waals surface area contributed by atoms with Gasteiger partial charge in [-0.3, -0.25) is 4.79 Å². The van der Waals surface area contributed by atoms with Gasteiger partial charge in [-0.1, -0.05) is 6.07 Å². The maximum Gasteiger partial charge on any atom is 0.265 e. The van der Waals surface area contributed by atoms with Gasteiger partial charge in [0, 0.05) is 5.69 Å². The molecule has 0 aliphatic carbocycles. The van der Waals surface area contributed by atoms with E-state index >= 15 is 0 Å². The zero-order valence-corrected chi connectivity index (χ0v) is 12.7. The molecule has 2 rings (SSSR count). The Hall–Kier alpha value is -2.87. The standard InChI is InChI=1S/C14H16N6OS/c1-8-7-9(18-14(17)20-13(15)16)4-5-10(8)19-12(21)11-3-2-6-22-11/h2-7H,1H3,(H,19,21)(H6,15,16,17,18,20). The fourth-order valence-electron chi connectivity index (χ4n) is 1.74. The summed E-state index contributed by atoms with van der Waals surface area (Å²) in [4.78, 5) is 20.4. The molecule has 1 aromatic carbocycles. The van der Waals surface area contributed by atoms with Crippen LogP contribution in [0, 0.1) is 6.92 Å². The molecule has 0 saturated heterocycles. The molecule has 8 heteroatoms. The van der Waals surface area contributed by atoms with Crippen LogP contribution in [0.25, 0.3) is 0 Å². The highest BCUT2D eigenvalue weighted by Gasteiger charge is 2.08. The first-order chi connectivity index (χ1) is 10.5. The third kappa shape index (κ3) is 4.06. The molecule has 7 nitrogen and oxygen atoms in total. The number of guanidine groups is 2. The van der Waals surface area contributed by atoms with Crippen LogP contribution in [0.5, 0.6) is 0 Å². The van der Waals surface area contributed by atoms with Crippen molar-refractivity contribution in [3.05, 3.63) is 46.2 Å². The summed E-state index contributed by atoms with van der Waals surface area (Å²) in [7, 11) is 0. The largest absolute Gasteiger partial charge is 0.370 e. The average Bonchev–Trinajstić information content (AvgIpc) is 2.94. The van der Waals surface area contributed by atoms with E-state index in [1.807, 2.05) is 18.4 Å². The summed E-state index contributed by atoms with van der Waals surface area (Å²) < 4.78 is 0. The van der Waals surface area contributed by atoms with Crippen LogP contribution in [-0.2, 0) is 0 Å². The maximum atomic E-state index is 12.0. The second kappa shape index (κ2) is 6.72. The van der Waals surface area contributed by atoms with E-state index in [-0.39, 0.29) is 17.8 Å². The van der Waals surface area contributed by atoms with Gasteiger partial charge < -0.3 is 22.5 Å². The van der Waals surface area contributed by atoms with Gasteiger partial charge in [-0.25, -0.2) is 4.99 Å². The predicted octanol–water partition coefficient (Wildman–Crippen LogP) is 1.53. The summed E-state index contributed by atoms with van der Waals surface area (Å²) in [6.45, 7) is 1.86. The zero-order valence-electron chi connectivity index (χ0n) is 11.9. The quantitative estimate of drug-likeness (QED) is 0.505. The van der Waals surface area contributed by atoms with E-state index in [0.717, 1.165) is 5.56 Å². The number of aliphatic imine (C=N–C) groups is 2. The fraction of sp³-hybridized carbons (Fsp3) is 0.0714. The molecule has 1 amide bonds. The molecule has 0 radical (unpaired) electrons. The highest BCUT2D eigenvalue weighted by Crippen LogP contribution is 2.23. The molecule has 0 spiro atoms. The molecular weight excluding hydrogens is 300 g/mol. The van der Waals surface area contributed by atoms with Crippen LogP contribution >= 0.6 is 11.3 Å². The number of nitrogens with zero attached hydrogens (tertiary/aromatic N) is 2. The minimum absolute atomic E-state index is 0.0326. The van der Waals surface area contributed by atoms with Gasteiger partial charge in [0.1, 0.15) is 0 Å². The van der Waals surface area contributed by atoms with Crippen LogP contribution in [0.15, 0.2) is 45.7 Å². The van der Waals surface area contributed by atoms with Crippen LogP contribution in [0.4, 0.5) is 11.4 Å². The molecule has 0 aliphatic heterocycles. The van der Waals surface area contributed by atoms with E-state index in [1.54, 1.807) is 24.3 Å². The lowest BCUT2D eigenvalue weighted by Crippen LogP contribution is -2.26. The molecule has 0 bridgehead atoms. The van der Waals surface area contributed by atoms with Gasteiger partial charge in [-0.2, -0.15) is 4.99 Å². The lowest BCUT2D eigenvalue weighted by Gasteiger charge is -2.08. The summed E-state index contributed by atoms with van der Waals surface area (Å²) in [5.74, 6) is -0.332. The molecule has 1 aromatic heterocycles. The summed E-state index contributed by atoms with van der Waals surface area (Å²) in [5, 5.41) is 4.70. The Balaban J connectivity index is 2.16. The molecule has 0 unspecified atom stereocenters. The van der Waals surface area contributed by atoms with Crippen molar-refractivity contribution >= 4 is 40.5 Å². The molecule has 7 N–H and O–H groups in total. The molecule has 0 saturated carbocycles. The number of aryl methyl sites for hydroxylation is 1. The molecule has 1 heterocycles. The number of carbonyl (C=O) groups is 1. The summed E-state index contributed by atoms with van der Waals surface area (Å²) in [6, 6.07) is 8.84. The van der Waals surface area contributed by atoms with Crippen molar-refractivity contribution in [2.75, 3.05) is 5.32 Å². The SMILES string of the molecule is Cc1cc(N=C(N)N=C(N)N)ccc1NC(=O)c1cccs1. The Morgan fingerprint density at radius 1 is 1.23 bits per heavy atom. The fourth-order valence-corrected chi connectivity index (χ4v) is 2.36. The molecule has 2 aromatic rings. The third-order valence-corrected chi connectivity index (χ3v) is 3.56. The first kappa shape index (κ1) is 15.5. The highest BCUT2D eigenvalue weighted by molar-refractivity contribution is 7.12. The lowest BCUT2D eigenvalue weighted by molar-refractivity contribution is 0.103. The third-order valence-electron chi connectivity index (χ3n) is 2.69. The van der Waals surface area contributed by atoms with Crippen LogP contribution in [0.3, 0.4) is 0 Å². The summed E-state index contributed by atoms with van der Waals surface area (Å²) in [5.41, 5.74) is 18.2. The first-order valence-corrected chi connectivity index (χ1v) is 7.23. The second-order valence-corrected chi connectivity index (χ2v) is 5.39. The Morgan fingerprint density at radius 3 is 2.59 bits per heavy atom. The maximum absolute atomic E-state index is 12.0. The zero-order chi connectivity index (χ0) is 16.1. The van der Waals surface area contributed by atoms with Gasteiger partial charge in [-0.05, 0) is 42.1 Å². The van der Waals surface area contributed by atoms with Crippen molar-refractivity contribution in [3.63, 3.8) is 0 Å². The number of carbonyl (C=O) groups excluding carboxylic acids is 1. The predicted molar refractivity (Wildman–Crippen MR) is 90.5 cm³/mol. The Bertz CT molecular complexity index is 732. The second-order valence-electron chi connectivity index (χ2n) is 4.44. The van der Waals surface area contributed by atoms with E-state index in [4.69, 9.17) is 17.2 Å². The van der Waals surface area contributed by atoms with Gasteiger partial charge in [0.2, 0.25) is 5.96 Å². The molecule has 0 fully saturated rings. The minimum Gasteiger partial charge on any atom is -0.370 e.